The van der Waals surface area contributed by atoms with Crippen LogP contribution < -0.4 is 15.4 Å². The molecule has 1 heterocycles. The van der Waals surface area contributed by atoms with Gasteiger partial charge in [-0.3, -0.25) is 9.89 Å². The zero-order valence-corrected chi connectivity index (χ0v) is 15.2. The van der Waals surface area contributed by atoms with E-state index >= 15 is 0 Å². The second kappa shape index (κ2) is 9.63. The molecule has 1 aliphatic carbocycles. The summed E-state index contributed by atoms with van der Waals surface area (Å²) >= 11 is 0. The van der Waals surface area contributed by atoms with Gasteiger partial charge in [0, 0.05) is 45.3 Å². The first-order valence-corrected chi connectivity index (χ1v) is 9.30. The van der Waals surface area contributed by atoms with E-state index in [0.29, 0.717) is 13.2 Å². The topological polar surface area (TPSA) is 58.1 Å². The molecule has 1 saturated heterocycles. The van der Waals surface area contributed by atoms with E-state index in [4.69, 9.17) is 9.47 Å². The SMILES string of the molecule is CN=C(NCc1ccccc1OCCN1CCOCC1)NCC1CC1. The standard InChI is InChI=1S/C19H30N4O2/c1-20-19(21-14-16-6-7-16)22-15-17-4-2-3-5-18(17)25-13-10-23-8-11-24-12-9-23/h2-5,16H,6-15H2,1H3,(H2,20,21,22). The summed E-state index contributed by atoms with van der Waals surface area (Å²) in [5.74, 6) is 2.63. The van der Waals surface area contributed by atoms with Crippen LogP contribution in [0.5, 0.6) is 5.75 Å². The smallest absolute Gasteiger partial charge is 0.191 e. The van der Waals surface area contributed by atoms with E-state index in [9.17, 15) is 0 Å². The number of morpholine rings is 1. The lowest BCUT2D eigenvalue weighted by atomic mass is 10.2. The monoisotopic (exact) mass is 346 g/mol. The molecule has 2 aliphatic rings. The molecule has 2 fully saturated rings. The number of nitrogens with one attached hydrogen (secondary N) is 2. The van der Waals surface area contributed by atoms with Crippen molar-refractivity contribution in [3.05, 3.63) is 29.8 Å². The highest BCUT2D eigenvalue weighted by Gasteiger charge is 2.21. The minimum atomic E-state index is 0.700. The number of hydrogen-bond acceptors (Lipinski definition) is 4. The normalized spacial score (nSPS) is 18.8. The molecular formula is C19H30N4O2. The van der Waals surface area contributed by atoms with Crippen LogP contribution in [-0.4, -0.2) is 63.9 Å². The van der Waals surface area contributed by atoms with E-state index in [1.807, 2.05) is 25.2 Å². The second-order valence-corrected chi connectivity index (χ2v) is 6.66. The van der Waals surface area contributed by atoms with Crippen LogP contribution in [0.25, 0.3) is 0 Å². The quantitative estimate of drug-likeness (QED) is 0.551. The highest BCUT2D eigenvalue weighted by molar-refractivity contribution is 5.79. The van der Waals surface area contributed by atoms with Crippen LogP contribution in [0.2, 0.25) is 0 Å². The van der Waals surface area contributed by atoms with E-state index < -0.39 is 0 Å². The summed E-state index contributed by atoms with van der Waals surface area (Å²) < 4.78 is 11.4. The van der Waals surface area contributed by atoms with Crippen molar-refractivity contribution in [3.8, 4) is 5.75 Å². The molecule has 0 atom stereocenters. The Labute approximate surface area is 150 Å². The Morgan fingerprint density at radius 1 is 1.24 bits per heavy atom. The number of benzene rings is 1. The average molecular weight is 346 g/mol. The van der Waals surface area contributed by atoms with Crippen LogP contribution in [0.15, 0.2) is 29.3 Å². The van der Waals surface area contributed by atoms with Crippen molar-refractivity contribution in [1.82, 2.24) is 15.5 Å². The molecular weight excluding hydrogens is 316 g/mol. The Hall–Kier alpha value is -1.79. The van der Waals surface area contributed by atoms with E-state index in [2.05, 4.69) is 26.6 Å². The van der Waals surface area contributed by atoms with Crippen molar-refractivity contribution < 1.29 is 9.47 Å². The summed E-state index contributed by atoms with van der Waals surface area (Å²) in [7, 11) is 1.81. The number of rotatable bonds is 8. The number of aliphatic imine (C=N–C) groups is 1. The molecule has 3 rings (SSSR count). The molecule has 1 aromatic rings. The fraction of sp³-hybridized carbons (Fsp3) is 0.632. The largest absolute Gasteiger partial charge is 0.492 e. The number of para-hydroxylation sites is 1. The third-order valence-electron chi connectivity index (χ3n) is 4.67. The van der Waals surface area contributed by atoms with Gasteiger partial charge in [0.2, 0.25) is 0 Å². The molecule has 25 heavy (non-hydrogen) atoms. The van der Waals surface area contributed by atoms with Crippen molar-refractivity contribution in [2.75, 3.05) is 53.0 Å². The first-order chi connectivity index (χ1) is 12.3. The van der Waals surface area contributed by atoms with Crippen LogP contribution in [0.3, 0.4) is 0 Å². The molecule has 1 saturated carbocycles. The third kappa shape index (κ3) is 6.21. The van der Waals surface area contributed by atoms with Crippen LogP contribution >= 0.6 is 0 Å². The van der Waals surface area contributed by atoms with E-state index in [0.717, 1.165) is 62.6 Å². The van der Waals surface area contributed by atoms with Gasteiger partial charge in [0.05, 0.1) is 13.2 Å². The Morgan fingerprint density at radius 2 is 2.04 bits per heavy atom. The molecule has 0 radical (unpaired) electrons. The lowest BCUT2D eigenvalue weighted by Crippen LogP contribution is -2.39. The van der Waals surface area contributed by atoms with Gasteiger partial charge < -0.3 is 20.1 Å². The van der Waals surface area contributed by atoms with Crippen molar-refractivity contribution in [2.45, 2.75) is 19.4 Å². The molecule has 2 N–H and O–H groups in total. The summed E-state index contributed by atoms with van der Waals surface area (Å²) in [5, 5.41) is 6.77. The number of hydrogen-bond donors (Lipinski definition) is 2. The molecule has 0 bridgehead atoms. The molecule has 0 aromatic heterocycles. The van der Waals surface area contributed by atoms with E-state index in [1.54, 1.807) is 0 Å². The van der Waals surface area contributed by atoms with Gasteiger partial charge in [0.1, 0.15) is 12.4 Å². The van der Waals surface area contributed by atoms with Crippen LogP contribution in [-0.2, 0) is 11.3 Å². The Kier molecular flexibility index (Phi) is 6.94. The summed E-state index contributed by atoms with van der Waals surface area (Å²) in [6, 6.07) is 8.21. The Morgan fingerprint density at radius 3 is 2.80 bits per heavy atom. The van der Waals surface area contributed by atoms with Gasteiger partial charge in [-0.25, -0.2) is 0 Å². The van der Waals surface area contributed by atoms with Gasteiger partial charge in [-0.05, 0) is 24.8 Å². The minimum Gasteiger partial charge on any atom is -0.492 e. The second-order valence-electron chi connectivity index (χ2n) is 6.66. The maximum Gasteiger partial charge on any atom is 0.191 e. The molecule has 1 aliphatic heterocycles. The zero-order valence-electron chi connectivity index (χ0n) is 15.2. The van der Waals surface area contributed by atoms with Crippen molar-refractivity contribution in [2.24, 2.45) is 10.9 Å². The van der Waals surface area contributed by atoms with E-state index in [-0.39, 0.29) is 0 Å². The Balaban J connectivity index is 1.44. The predicted octanol–water partition coefficient (Wildman–Crippen LogP) is 1.47. The third-order valence-corrected chi connectivity index (χ3v) is 4.67. The molecule has 6 heteroatoms. The summed E-state index contributed by atoms with van der Waals surface area (Å²) in [4.78, 5) is 6.67. The van der Waals surface area contributed by atoms with Gasteiger partial charge in [0.25, 0.3) is 0 Å². The van der Waals surface area contributed by atoms with Crippen LogP contribution in [0.1, 0.15) is 18.4 Å². The highest BCUT2D eigenvalue weighted by Crippen LogP contribution is 2.27. The minimum absolute atomic E-state index is 0.700. The molecule has 0 unspecified atom stereocenters. The van der Waals surface area contributed by atoms with Gasteiger partial charge >= 0.3 is 0 Å². The molecule has 6 nitrogen and oxygen atoms in total. The maximum absolute atomic E-state index is 6.03. The predicted molar refractivity (Wildman–Crippen MR) is 100 cm³/mol. The number of guanidine groups is 1. The molecule has 138 valence electrons. The fourth-order valence-electron chi connectivity index (χ4n) is 2.86. The zero-order chi connectivity index (χ0) is 17.3. The van der Waals surface area contributed by atoms with Crippen molar-refractivity contribution in [3.63, 3.8) is 0 Å². The van der Waals surface area contributed by atoms with E-state index in [1.165, 1.54) is 12.8 Å². The first kappa shape index (κ1) is 18.0. The fourth-order valence-corrected chi connectivity index (χ4v) is 2.86. The summed E-state index contributed by atoms with van der Waals surface area (Å²) in [6.07, 6.45) is 2.67. The highest BCUT2D eigenvalue weighted by atomic mass is 16.5. The van der Waals surface area contributed by atoms with Crippen molar-refractivity contribution in [1.29, 1.82) is 0 Å². The van der Waals surface area contributed by atoms with Gasteiger partial charge in [-0.1, -0.05) is 18.2 Å². The molecule has 0 spiro atoms. The van der Waals surface area contributed by atoms with Gasteiger partial charge in [-0.2, -0.15) is 0 Å². The average Bonchev–Trinajstić information content (AvgIpc) is 3.48. The maximum atomic E-state index is 6.03. The summed E-state index contributed by atoms with van der Waals surface area (Å²) in [6.45, 7) is 7.00. The lowest BCUT2D eigenvalue weighted by Gasteiger charge is -2.26. The van der Waals surface area contributed by atoms with Crippen LogP contribution in [0, 0.1) is 5.92 Å². The first-order valence-electron chi connectivity index (χ1n) is 9.30. The number of ether oxygens (including phenoxy) is 2. The molecule has 0 amide bonds. The van der Waals surface area contributed by atoms with Gasteiger partial charge in [-0.15, -0.1) is 0 Å². The van der Waals surface area contributed by atoms with Crippen molar-refractivity contribution >= 4 is 5.96 Å². The summed E-state index contributed by atoms with van der Waals surface area (Å²) in [5.41, 5.74) is 1.15. The van der Waals surface area contributed by atoms with Crippen LogP contribution in [0.4, 0.5) is 0 Å². The lowest BCUT2D eigenvalue weighted by molar-refractivity contribution is 0.0322. The molecule has 1 aromatic carbocycles. The van der Waals surface area contributed by atoms with Gasteiger partial charge in [0.15, 0.2) is 5.96 Å². The Bertz CT molecular complexity index is 554. The number of nitrogens with zero attached hydrogens (tertiary/aromatic N) is 2.